The van der Waals surface area contributed by atoms with E-state index in [0.29, 0.717) is 38.6 Å². The SMILES string of the molecule is CCN1CCOc2ccccc2C(=O)N[C@H](C(=O)NCCCN2CCOCC2)CC(=O)N(Cc2ccccc2)CC1=O. The molecule has 0 unspecified atom stereocenters. The Labute approximate surface area is 247 Å². The molecule has 0 bridgehead atoms. The lowest BCUT2D eigenvalue weighted by molar-refractivity contribution is -0.142. The number of likely N-dealkylation sites (N-methyl/N-ethyl adjacent to an activating group) is 1. The quantitative estimate of drug-likeness (QED) is 0.452. The van der Waals surface area contributed by atoms with Crippen molar-refractivity contribution < 1.29 is 28.7 Å². The fourth-order valence-electron chi connectivity index (χ4n) is 5.02. The second-order valence-electron chi connectivity index (χ2n) is 10.4. The lowest BCUT2D eigenvalue weighted by Crippen LogP contribution is -2.51. The Balaban J connectivity index is 1.54. The van der Waals surface area contributed by atoms with Gasteiger partial charge in [-0.15, -0.1) is 0 Å². The molecular weight excluding hydrogens is 538 g/mol. The topological polar surface area (TPSA) is 121 Å². The molecule has 11 heteroatoms. The van der Waals surface area contributed by atoms with Crippen LogP contribution in [0.4, 0.5) is 0 Å². The Hall–Kier alpha value is -3.96. The molecule has 0 saturated carbocycles. The van der Waals surface area contributed by atoms with Crippen LogP contribution in [-0.4, -0.2) is 110 Å². The molecule has 2 aliphatic rings. The molecule has 0 spiro atoms. The molecule has 2 aromatic carbocycles. The van der Waals surface area contributed by atoms with Gasteiger partial charge in [0, 0.05) is 32.7 Å². The van der Waals surface area contributed by atoms with E-state index in [9.17, 15) is 19.2 Å². The first-order valence-electron chi connectivity index (χ1n) is 14.6. The number of nitrogens with zero attached hydrogens (tertiary/aromatic N) is 3. The highest BCUT2D eigenvalue weighted by atomic mass is 16.5. The maximum atomic E-state index is 13.7. The molecule has 0 aliphatic carbocycles. The summed E-state index contributed by atoms with van der Waals surface area (Å²) in [4.78, 5) is 59.1. The van der Waals surface area contributed by atoms with Gasteiger partial charge in [-0.05, 0) is 37.6 Å². The molecule has 2 N–H and O–H groups in total. The first-order chi connectivity index (χ1) is 20.4. The highest BCUT2D eigenvalue weighted by Crippen LogP contribution is 2.19. The fraction of sp³-hybridized carbons (Fsp3) is 0.484. The van der Waals surface area contributed by atoms with Crippen LogP contribution in [-0.2, 0) is 25.7 Å². The van der Waals surface area contributed by atoms with Crippen molar-refractivity contribution >= 4 is 23.6 Å². The number of hydrogen-bond acceptors (Lipinski definition) is 7. The summed E-state index contributed by atoms with van der Waals surface area (Å²) < 4.78 is 11.3. The summed E-state index contributed by atoms with van der Waals surface area (Å²) in [5, 5.41) is 5.65. The first kappa shape index (κ1) is 31.0. The molecule has 1 atom stereocenters. The van der Waals surface area contributed by atoms with Crippen molar-refractivity contribution in [2.45, 2.75) is 32.4 Å². The Bertz CT molecular complexity index is 1200. The molecule has 4 amide bonds. The van der Waals surface area contributed by atoms with Gasteiger partial charge in [-0.25, -0.2) is 0 Å². The number of hydrogen-bond donors (Lipinski definition) is 2. The predicted molar refractivity (Wildman–Crippen MR) is 157 cm³/mol. The summed E-state index contributed by atoms with van der Waals surface area (Å²) in [6.45, 7) is 7.14. The van der Waals surface area contributed by atoms with Crippen LogP contribution in [0.2, 0.25) is 0 Å². The highest BCUT2D eigenvalue weighted by molar-refractivity contribution is 6.01. The zero-order chi connectivity index (χ0) is 29.7. The van der Waals surface area contributed by atoms with Crippen LogP contribution < -0.4 is 15.4 Å². The van der Waals surface area contributed by atoms with Gasteiger partial charge in [0.05, 0.1) is 31.7 Å². The lowest BCUT2D eigenvalue weighted by Gasteiger charge is -2.29. The van der Waals surface area contributed by atoms with E-state index in [1.165, 1.54) is 4.90 Å². The summed E-state index contributed by atoms with van der Waals surface area (Å²) in [7, 11) is 0. The molecule has 2 aliphatic heterocycles. The van der Waals surface area contributed by atoms with Crippen molar-refractivity contribution in [3.8, 4) is 5.75 Å². The van der Waals surface area contributed by atoms with Gasteiger partial charge in [-0.1, -0.05) is 42.5 Å². The minimum absolute atomic E-state index is 0.153. The molecule has 2 heterocycles. The highest BCUT2D eigenvalue weighted by Gasteiger charge is 2.30. The molecule has 2 aromatic rings. The molecule has 0 aromatic heterocycles. The number of fused-ring (bicyclic) bond motifs is 1. The molecule has 1 saturated heterocycles. The number of rotatable bonds is 8. The second kappa shape index (κ2) is 15.9. The number of carbonyl (C=O) groups is 4. The van der Waals surface area contributed by atoms with E-state index in [0.717, 1.165) is 31.6 Å². The summed E-state index contributed by atoms with van der Waals surface area (Å²) in [6.07, 6.45) is 0.425. The van der Waals surface area contributed by atoms with Gasteiger partial charge in [0.1, 0.15) is 24.9 Å². The molecule has 11 nitrogen and oxygen atoms in total. The van der Waals surface area contributed by atoms with E-state index < -0.39 is 23.8 Å². The van der Waals surface area contributed by atoms with Crippen LogP contribution in [0, 0.1) is 0 Å². The Morgan fingerprint density at radius 2 is 1.67 bits per heavy atom. The van der Waals surface area contributed by atoms with Gasteiger partial charge >= 0.3 is 0 Å². The van der Waals surface area contributed by atoms with Crippen LogP contribution in [0.3, 0.4) is 0 Å². The van der Waals surface area contributed by atoms with E-state index in [2.05, 4.69) is 15.5 Å². The van der Waals surface area contributed by atoms with Gasteiger partial charge in [-0.3, -0.25) is 24.1 Å². The summed E-state index contributed by atoms with van der Waals surface area (Å²) in [5.41, 5.74) is 1.11. The summed E-state index contributed by atoms with van der Waals surface area (Å²) in [5.74, 6) is -1.24. The average molecular weight is 580 g/mol. The smallest absolute Gasteiger partial charge is 0.255 e. The van der Waals surface area contributed by atoms with Gasteiger partial charge in [-0.2, -0.15) is 0 Å². The minimum atomic E-state index is -1.14. The number of benzene rings is 2. The van der Waals surface area contributed by atoms with Gasteiger partial charge < -0.3 is 29.9 Å². The Kier molecular flexibility index (Phi) is 11.7. The van der Waals surface area contributed by atoms with Crippen LogP contribution >= 0.6 is 0 Å². The zero-order valence-corrected chi connectivity index (χ0v) is 24.3. The van der Waals surface area contributed by atoms with E-state index >= 15 is 0 Å². The number of amides is 4. The van der Waals surface area contributed by atoms with Crippen molar-refractivity contribution in [2.24, 2.45) is 0 Å². The third-order valence-corrected chi connectivity index (χ3v) is 7.43. The van der Waals surface area contributed by atoms with Crippen molar-refractivity contribution in [1.29, 1.82) is 0 Å². The number of ether oxygens (including phenoxy) is 2. The van der Waals surface area contributed by atoms with Crippen LogP contribution in [0.15, 0.2) is 54.6 Å². The zero-order valence-electron chi connectivity index (χ0n) is 24.3. The van der Waals surface area contributed by atoms with E-state index in [1.54, 1.807) is 29.2 Å². The first-order valence-corrected chi connectivity index (χ1v) is 14.6. The van der Waals surface area contributed by atoms with Crippen molar-refractivity contribution in [3.63, 3.8) is 0 Å². The molecular formula is C31H41N5O6. The number of nitrogens with one attached hydrogen (secondary N) is 2. The van der Waals surface area contributed by atoms with Crippen molar-refractivity contribution in [2.75, 3.05) is 65.6 Å². The normalized spacial score (nSPS) is 19.4. The molecule has 226 valence electrons. The van der Waals surface area contributed by atoms with Crippen LogP contribution in [0.1, 0.15) is 35.7 Å². The van der Waals surface area contributed by atoms with E-state index in [1.807, 2.05) is 37.3 Å². The van der Waals surface area contributed by atoms with Gasteiger partial charge in [0.25, 0.3) is 5.91 Å². The largest absolute Gasteiger partial charge is 0.491 e. The minimum Gasteiger partial charge on any atom is -0.491 e. The molecule has 0 radical (unpaired) electrons. The third kappa shape index (κ3) is 9.02. The predicted octanol–water partition coefficient (Wildman–Crippen LogP) is 1.28. The summed E-state index contributed by atoms with van der Waals surface area (Å²) >= 11 is 0. The standard InChI is InChI=1S/C31H41N5O6/c1-2-35-17-20-42-27-12-7-6-11-25(27)30(39)33-26(31(40)32-13-8-14-34-15-18-41-19-16-34)21-28(37)36(23-29(35)38)22-24-9-4-3-5-10-24/h3-7,9-12,26H,2,8,13-23H2,1H3,(H,32,40)(H,33,39)/t26-/m0/s1. The molecule has 42 heavy (non-hydrogen) atoms. The van der Waals surface area contributed by atoms with Crippen LogP contribution in [0.25, 0.3) is 0 Å². The number of para-hydroxylation sites is 1. The van der Waals surface area contributed by atoms with E-state index in [4.69, 9.17) is 9.47 Å². The molecule has 4 rings (SSSR count). The lowest BCUT2D eigenvalue weighted by atomic mass is 10.1. The number of carbonyl (C=O) groups excluding carboxylic acids is 4. The van der Waals surface area contributed by atoms with Crippen molar-refractivity contribution in [1.82, 2.24) is 25.3 Å². The molecule has 1 fully saturated rings. The Morgan fingerprint density at radius 3 is 2.43 bits per heavy atom. The van der Waals surface area contributed by atoms with Crippen LogP contribution in [0.5, 0.6) is 5.75 Å². The van der Waals surface area contributed by atoms with Gasteiger partial charge in [0.15, 0.2) is 0 Å². The number of morpholine rings is 1. The van der Waals surface area contributed by atoms with Gasteiger partial charge in [0.2, 0.25) is 17.7 Å². The maximum Gasteiger partial charge on any atom is 0.255 e. The average Bonchev–Trinajstić information content (AvgIpc) is 3.01. The van der Waals surface area contributed by atoms with E-state index in [-0.39, 0.29) is 37.6 Å². The van der Waals surface area contributed by atoms with Crippen molar-refractivity contribution in [3.05, 3.63) is 65.7 Å². The maximum absolute atomic E-state index is 13.7. The third-order valence-electron chi connectivity index (χ3n) is 7.43. The second-order valence-corrected chi connectivity index (χ2v) is 10.4. The Morgan fingerprint density at radius 1 is 0.929 bits per heavy atom. The summed E-state index contributed by atoms with van der Waals surface area (Å²) in [6, 6.07) is 15.0. The monoisotopic (exact) mass is 579 g/mol. The fourth-order valence-corrected chi connectivity index (χ4v) is 5.02.